The number of ether oxygens (including phenoxy) is 4. The molecule has 2 rings (SSSR count). The van der Waals surface area contributed by atoms with Crippen LogP contribution in [-0.2, 0) is 28.5 Å². The van der Waals surface area contributed by atoms with E-state index in [-0.39, 0.29) is 76.7 Å². The van der Waals surface area contributed by atoms with Crippen LogP contribution in [-0.4, -0.2) is 144 Å². The zero-order valence-corrected chi connectivity index (χ0v) is 36.5. The van der Waals surface area contributed by atoms with Crippen molar-refractivity contribution in [3.8, 4) is 0 Å². The lowest BCUT2D eigenvalue weighted by molar-refractivity contribution is -0.292. The van der Waals surface area contributed by atoms with Crippen LogP contribution in [0.4, 0.5) is 0 Å². The normalized spacial score (nSPS) is 29.9. The van der Waals surface area contributed by atoms with Crippen molar-refractivity contribution in [2.45, 2.75) is 171 Å². The summed E-state index contributed by atoms with van der Waals surface area (Å²) in [6.07, 6.45) is 13.5. The highest BCUT2D eigenvalue weighted by atomic mass is 16.7. The maximum absolute atomic E-state index is 12.4. The van der Waals surface area contributed by atoms with Crippen molar-refractivity contribution in [2.75, 3.05) is 6.61 Å². The minimum Gasteiger partial charge on any atom is -0.481 e. The number of aliphatic carboxylic acids is 1. The Hall–Kier alpha value is -3.36. The first-order chi connectivity index (χ1) is 29.4. The van der Waals surface area contributed by atoms with Gasteiger partial charge in [-0.15, -0.1) is 0 Å². The molecule has 15 atom stereocenters. The van der Waals surface area contributed by atoms with E-state index >= 15 is 0 Å². The number of hydrogen-bond donors (Lipinski definition) is 10. The average Bonchev–Trinajstić information content (AvgIpc) is 3.21. The molecule has 0 amide bonds. The molecule has 2 aliphatic rings. The van der Waals surface area contributed by atoms with Crippen LogP contribution in [0, 0.1) is 11.8 Å². The molecule has 5 unspecified atom stereocenters. The molecular weight excluding hydrogens is 806 g/mol. The molecule has 0 bridgehead atoms. The molecule has 2 fully saturated rings. The van der Waals surface area contributed by atoms with E-state index in [9.17, 15) is 55.5 Å². The molecule has 352 valence electrons. The number of carboxylic acid groups (broad SMARTS) is 1. The van der Waals surface area contributed by atoms with Crippen LogP contribution < -0.4 is 5.73 Å². The second-order valence-electron chi connectivity index (χ2n) is 16.3. The number of carboxylic acids is 1. The lowest BCUT2D eigenvalue weighted by Gasteiger charge is -2.43. The van der Waals surface area contributed by atoms with Gasteiger partial charge in [0.1, 0.15) is 12.2 Å². The molecule has 16 heteroatoms. The van der Waals surface area contributed by atoms with E-state index in [0.29, 0.717) is 0 Å². The first kappa shape index (κ1) is 54.8. The van der Waals surface area contributed by atoms with Crippen LogP contribution >= 0.6 is 0 Å². The van der Waals surface area contributed by atoms with Gasteiger partial charge in [-0.3, -0.25) is 9.59 Å². The SMILES string of the molecule is C/C=C/C=C/C=C/C=C/C=C/C=C/C=C/[C@@H](C[C@@H]1O[C@](O)(CCC[C@@H](O)[C@H](O)CC[C@@H](O)C[C@@H](O)CC(=O)O[C@@H](C)[C@H](C)CO)CC[C@H]1C(=O)O)OC1OC(C)C(O)C(N)C1O. The zero-order valence-electron chi connectivity index (χ0n) is 36.5. The van der Waals surface area contributed by atoms with E-state index in [1.807, 2.05) is 61.6 Å². The largest absolute Gasteiger partial charge is 0.481 e. The highest BCUT2D eigenvalue weighted by molar-refractivity contribution is 5.71. The third-order valence-corrected chi connectivity index (χ3v) is 11.1. The van der Waals surface area contributed by atoms with E-state index < -0.39 is 97.0 Å². The van der Waals surface area contributed by atoms with Crippen molar-refractivity contribution in [1.82, 2.24) is 0 Å². The minimum absolute atomic E-state index is 0.00250. The van der Waals surface area contributed by atoms with E-state index in [4.69, 9.17) is 24.7 Å². The van der Waals surface area contributed by atoms with Crippen LogP contribution in [0.1, 0.15) is 91.9 Å². The summed E-state index contributed by atoms with van der Waals surface area (Å²) in [6, 6.07) is -1.07. The summed E-state index contributed by atoms with van der Waals surface area (Å²) < 4.78 is 23.1. The van der Waals surface area contributed by atoms with Crippen molar-refractivity contribution in [2.24, 2.45) is 17.6 Å². The number of nitrogens with two attached hydrogens (primary N) is 1. The van der Waals surface area contributed by atoms with Gasteiger partial charge in [-0.05, 0) is 59.3 Å². The fourth-order valence-corrected chi connectivity index (χ4v) is 6.93. The summed E-state index contributed by atoms with van der Waals surface area (Å²) in [5, 5.41) is 93.8. The Kier molecular flexibility index (Phi) is 25.8. The van der Waals surface area contributed by atoms with Crippen LogP contribution in [0.5, 0.6) is 0 Å². The van der Waals surface area contributed by atoms with Crippen LogP contribution in [0.3, 0.4) is 0 Å². The minimum atomic E-state index is -1.77. The zero-order chi connectivity index (χ0) is 46.2. The second kappa shape index (κ2) is 29.2. The van der Waals surface area contributed by atoms with Gasteiger partial charge in [0, 0.05) is 31.8 Å². The molecule has 2 saturated heterocycles. The smallest absolute Gasteiger partial charge is 0.309 e. The predicted octanol–water partition coefficient (Wildman–Crippen LogP) is 2.77. The lowest BCUT2D eigenvalue weighted by Crippen LogP contribution is -2.61. The fraction of sp³-hybridized carbons (Fsp3) is 0.652. The molecule has 2 heterocycles. The van der Waals surface area contributed by atoms with Crippen LogP contribution in [0.2, 0.25) is 0 Å². The summed E-state index contributed by atoms with van der Waals surface area (Å²) in [7, 11) is 0. The Morgan fingerprint density at radius 3 is 2.02 bits per heavy atom. The van der Waals surface area contributed by atoms with Crippen molar-refractivity contribution in [3.63, 3.8) is 0 Å². The van der Waals surface area contributed by atoms with E-state index in [1.54, 1.807) is 51.2 Å². The van der Waals surface area contributed by atoms with Gasteiger partial charge in [-0.25, -0.2) is 0 Å². The van der Waals surface area contributed by atoms with E-state index in [1.165, 1.54) is 0 Å². The van der Waals surface area contributed by atoms with Gasteiger partial charge in [0.2, 0.25) is 0 Å². The number of allylic oxidation sites excluding steroid dienone is 13. The molecule has 0 aromatic heterocycles. The maximum Gasteiger partial charge on any atom is 0.309 e. The van der Waals surface area contributed by atoms with Gasteiger partial charge in [-0.1, -0.05) is 92.0 Å². The number of carbonyl (C=O) groups excluding carboxylic acids is 1. The van der Waals surface area contributed by atoms with Crippen LogP contribution in [0.25, 0.3) is 0 Å². The number of rotatable bonds is 27. The third kappa shape index (κ3) is 20.4. The second-order valence-corrected chi connectivity index (χ2v) is 16.3. The topological polar surface area (TPSA) is 279 Å². The molecular formula is C46H73NO15. The van der Waals surface area contributed by atoms with E-state index in [0.717, 1.165) is 0 Å². The number of hydrogen-bond acceptors (Lipinski definition) is 15. The molecule has 0 aromatic carbocycles. The number of aliphatic hydroxyl groups excluding tert-OH is 7. The lowest BCUT2D eigenvalue weighted by atomic mass is 9.85. The fourth-order valence-electron chi connectivity index (χ4n) is 6.93. The Bertz CT molecular complexity index is 1510. The Labute approximate surface area is 366 Å². The molecule has 0 saturated carbocycles. The van der Waals surface area contributed by atoms with Gasteiger partial charge in [0.25, 0.3) is 0 Å². The standard InChI is InChI=1S/C46H73NO15/c1-5-6-7-8-9-10-11-12-13-14-15-16-17-19-35(61-45-43(55)41(47)42(54)32(4)60-45)28-39-36(44(56)57)23-25-46(58,62-39)24-18-20-37(51)38(52)22-21-33(49)26-34(50)27-40(53)59-31(3)30(2)29-48/h5-17,19,30-39,41-43,45,48-52,54-55,58H,18,20-29,47H2,1-4H3,(H,56,57)/b6-5+,8-7+,10-9+,12-11+,14-13+,16-15+,19-17+/t30-,31+,32?,33-,34-,35+,36-,37-,38-,39+,41?,42?,43?,45?,46-/m1/s1. The monoisotopic (exact) mass is 879 g/mol. The molecule has 2 aliphatic heterocycles. The summed E-state index contributed by atoms with van der Waals surface area (Å²) in [4.78, 5) is 24.5. The highest BCUT2D eigenvalue weighted by Gasteiger charge is 2.46. The molecule has 11 N–H and O–H groups in total. The van der Waals surface area contributed by atoms with Gasteiger partial charge in [0.15, 0.2) is 12.1 Å². The van der Waals surface area contributed by atoms with Crippen molar-refractivity contribution >= 4 is 11.9 Å². The first-order valence-electron chi connectivity index (χ1n) is 21.6. The van der Waals surface area contributed by atoms with E-state index in [2.05, 4.69) is 0 Å². The molecule has 0 spiro atoms. The molecule has 62 heavy (non-hydrogen) atoms. The Balaban J connectivity index is 2.03. The Morgan fingerprint density at radius 1 is 0.855 bits per heavy atom. The number of esters is 1. The van der Waals surface area contributed by atoms with Gasteiger partial charge in [0.05, 0.1) is 67.2 Å². The summed E-state index contributed by atoms with van der Waals surface area (Å²) >= 11 is 0. The highest BCUT2D eigenvalue weighted by Crippen LogP contribution is 2.37. The quantitative estimate of drug-likeness (QED) is 0.0420. The molecule has 16 nitrogen and oxygen atoms in total. The van der Waals surface area contributed by atoms with Gasteiger partial charge in [-0.2, -0.15) is 0 Å². The number of carbonyl (C=O) groups is 2. The van der Waals surface area contributed by atoms with Crippen LogP contribution in [0.15, 0.2) is 85.1 Å². The molecule has 0 radical (unpaired) electrons. The predicted molar refractivity (Wildman–Crippen MR) is 232 cm³/mol. The first-order valence-corrected chi connectivity index (χ1v) is 21.6. The number of aliphatic hydroxyl groups is 8. The van der Waals surface area contributed by atoms with Gasteiger partial charge < -0.3 is 70.6 Å². The maximum atomic E-state index is 12.4. The Morgan fingerprint density at radius 2 is 1.44 bits per heavy atom. The summed E-state index contributed by atoms with van der Waals surface area (Å²) in [6.45, 7) is 6.70. The van der Waals surface area contributed by atoms with Crippen molar-refractivity contribution < 1.29 is 74.5 Å². The van der Waals surface area contributed by atoms with Gasteiger partial charge >= 0.3 is 11.9 Å². The van der Waals surface area contributed by atoms with Crippen molar-refractivity contribution in [1.29, 1.82) is 0 Å². The third-order valence-electron chi connectivity index (χ3n) is 11.1. The summed E-state index contributed by atoms with van der Waals surface area (Å²) in [5.74, 6) is -4.87. The van der Waals surface area contributed by atoms with Crippen molar-refractivity contribution in [3.05, 3.63) is 85.1 Å². The average molecular weight is 880 g/mol. The molecule has 0 aliphatic carbocycles. The molecule has 0 aromatic rings. The summed E-state index contributed by atoms with van der Waals surface area (Å²) in [5.41, 5.74) is 6.03.